The minimum absolute atomic E-state index is 0.135. The number of cyclic esters (lactones) is 1. The lowest BCUT2D eigenvalue weighted by molar-refractivity contribution is -0.130. The first-order valence-electron chi connectivity index (χ1n) is 7.69. The highest BCUT2D eigenvalue weighted by atomic mass is 79.9. The number of hydrogen-bond acceptors (Lipinski definition) is 3. The van der Waals surface area contributed by atoms with E-state index in [4.69, 9.17) is 9.47 Å². The number of carbonyl (C=O) groups excluding carboxylic acids is 1. The molecule has 0 aliphatic carbocycles. The molecular weight excluding hydrogens is 368 g/mol. The normalized spacial score (nSPS) is 15.6. The van der Waals surface area contributed by atoms with Gasteiger partial charge in [0.05, 0.1) is 11.7 Å². The second-order valence-electron chi connectivity index (χ2n) is 5.74. The maximum absolute atomic E-state index is 12.1. The van der Waals surface area contributed by atoms with Crippen LogP contribution in [0.2, 0.25) is 0 Å². The van der Waals surface area contributed by atoms with E-state index in [9.17, 15) is 4.79 Å². The van der Waals surface area contributed by atoms with E-state index in [1.807, 2.05) is 68.5 Å². The smallest absolute Gasteiger partial charge is 0.343 e. The van der Waals surface area contributed by atoms with Gasteiger partial charge in [0.25, 0.3) is 0 Å². The number of hydrogen-bond donors (Lipinski definition) is 0. The van der Waals surface area contributed by atoms with Crippen molar-refractivity contribution in [3.63, 3.8) is 0 Å². The highest BCUT2D eigenvalue weighted by Gasteiger charge is 2.21. The van der Waals surface area contributed by atoms with Crippen LogP contribution in [0.3, 0.4) is 0 Å². The maximum atomic E-state index is 12.1. The van der Waals surface area contributed by atoms with Crippen molar-refractivity contribution in [2.24, 2.45) is 0 Å². The lowest BCUT2D eigenvalue weighted by atomic mass is 10.1. The molecule has 3 rings (SSSR count). The van der Waals surface area contributed by atoms with Crippen molar-refractivity contribution in [1.82, 2.24) is 0 Å². The summed E-state index contributed by atoms with van der Waals surface area (Å²) in [6, 6.07) is 15.3. The summed E-state index contributed by atoms with van der Waals surface area (Å²) in [5.41, 5.74) is 2.33. The minimum Gasteiger partial charge on any atom is -0.491 e. The van der Waals surface area contributed by atoms with Crippen LogP contribution in [-0.2, 0) is 9.53 Å². The molecule has 1 aliphatic rings. The van der Waals surface area contributed by atoms with Crippen molar-refractivity contribution >= 4 is 33.7 Å². The second kappa shape index (κ2) is 7.05. The zero-order valence-corrected chi connectivity index (χ0v) is 15.0. The van der Waals surface area contributed by atoms with Crippen LogP contribution in [0.1, 0.15) is 25.0 Å². The van der Waals surface area contributed by atoms with E-state index in [2.05, 4.69) is 15.9 Å². The Kier molecular flexibility index (Phi) is 4.86. The average molecular weight is 385 g/mol. The van der Waals surface area contributed by atoms with Gasteiger partial charge in [-0.25, -0.2) is 4.79 Å². The van der Waals surface area contributed by atoms with Gasteiger partial charge in [-0.15, -0.1) is 0 Å². The van der Waals surface area contributed by atoms with Gasteiger partial charge in [0, 0.05) is 10.0 Å². The Bertz CT molecular complexity index is 800. The van der Waals surface area contributed by atoms with E-state index < -0.39 is 0 Å². The van der Waals surface area contributed by atoms with Crippen LogP contribution in [-0.4, -0.2) is 12.1 Å². The third-order valence-electron chi connectivity index (χ3n) is 3.43. The van der Waals surface area contributed by atoms with E-state index in [1.54, 1.807) is 6.08 Å². The Morgan fingerprint density at radius 3 is 2.33 bits per heavy atom. The van der Waals surface area contributed by atoms with Gasteiger partial charge in [-0.2, -0.15) is 0 Å². The molecule has 0 saturated carbocycles. The maximum Gasteiger partial charge on any atom is 0.343 e. The predicted molar refractivity (Wildman–Crippen MR) is 98.4 cm³/mol. The summed E-state index contributed by atoms with van der Waals surface area (Å²) < 4.78 is 12.0. The number of rotatable bonds is 4. The molecular formula is C20H17BrO3. The van der Waals surface area contributed by atoms with Crippen LogP contribution >= 0.6 is 15.9 Å². The first kappa shape index (κ1) is 16.5. The van der Waals surface area contributed by atoms with Crippen molar-refractivity contribution < 1.29 is 14.3 Å². The summed E-state index contributed by atoms with van der Waals surface area (Å²) in [7, 11) is 0. The van der Waals surface area contributed by atoms with Gasteiger partial charge in [0.2, 0.25) is 0 Å². The van der Waals surface area contributed by atoms with E-state index in [0.717, 1.165) is 21.3 Å². The molecule has 0 bridgehead atoms. The molecule has 0 atom stereocenters. The standard InChI is InChI=1S/C20H17BrO3/c1-13(2)23-18-9-3-14(4-10-18)11-16-12-19(24-20(16)22)15-5-7-17(21)8-6-15/h3-13H,1-2H3/b16-11+. The third kappa shape index (κ3) is 3.95. The van der Waals surface area contributed by atoms with Gasteiger partial charge >= 0.3 is 5.97 Å². The van der Waals surface area contributed by atoms with Crippen molar-refractivity contribution in [1.29, 1.82) is 0 Å². The lowest BCUT2D eigenvalue weighted by Gasteiger charge is -2.09. The Morgan fingerprint density at radius 2 is 1.71 bits per heavy atom. The summed E-state index contributed by atoms with van der Waals surface area (Å²) in [6.07, 6.45) is 3.72. The fraction of sp³-hybridized carbons (Fsp3) is 0.150. The zero-order valence-electron chi connectivity index (χ0n) is 13.5. The van der Waals surface area contributed by atoms with Crippen LogP contribution in [0, 0.1) is 0 Å². The Morgan fingerprint density at radius 1 is 1.04 bits per heavy atom. The largest absolute Gasteiger partial charge is 0.491 e. The summed E-state index contributed by atoms with van der Waals surface area (Å²) in [5.74, 6) is 1.04. The summed E-state index contributed by atoms with van der Waals surface area (Å²) in [5, 5.41) is 0. The molecule has 0 fully saturated rings. The molecule has 1 aliphatic heterocycles. The fourth-order valence-corrected chi connectivity index (χ4v) is 2.60. The molecule has 0 saturated heterocycles. The molecule has 0 spiro atoms. The van der Waals surface area contributed by atoms with Crippen LogP contribution in [0.25, 0.3) is 11.8 Å². The molecule has 2 aromatic carbocycles. The lowest BCUT2D eigenvalue weighted by Crippen LogP contribution is -2.05. The zero-order chi connectivity index (χ0) is 17.1. The monoisotopic (exact) mass is 384 g/mol. The topological polar surface area (TPSA) is 35.5 Å². The third-order valence-corrected chi connectivity index (χ3v) is 3.96. The number of esters is 1. The predicted octanol–water partition coefficient (Wildman–Crippen LogP) is 5.22. The van der Waals surface area contributed by atoms with Gasteiger partial charge < -0.3 is 9.47 Å². The molecule has 0 aromatic heterocycles. The van der Waals surface area contributed by atoms with E-state index in [-0.39, 0.29) is 12.1 Å². The Labute approximate surface area is 149 Å². The number of benzene rings is 2. The quantitative estimate of drug-likeness (QED) is 0.535. The first-order chi connectivity index (χ1) is 11.5. The van der Waals surface area contributed by atoms with Crippen LogP contribution < -0.4 is 4.74 Å². The minimum atomic E-state index is -0.338. The molecule has 24 heavy (non-hydrogen) atoms. The molecule has 0 amide bonds. The molecule has 2 aromatic rings. The number of carbonyl (C=O) groups is 1. The summed E-state index contributed by atoms with van der Waals surface area (Å²) in [6.45, 7) is 3.97. The van der Waals surface area contributed by atoms with E-state index >= 15 is 0 Å². The first-order valence-corrected chi connectivity index (χ1v) is 8.49. The molecule has 3 nitrogen and oxygen atoms in total. The highest BCUT2D eigenvalue weighted by molar-refractivity contribution is 9.10. The van der Waals surface area contributed by atoms with Crippen molar-refractivity contribution in [3.8, 4) is 5.75 Å². The SMILES string of the molecule is CC(C)Oc1ccc(/C=C2\C=C(c3ccc(Br)cc3)OC2=O)cc1. The molecule has 0 radical (unpaired) electrons. The van der Waals surface area contributed by atoms with Gasteiger partial charge in [-0.3, -0.25) is 0 Å². The van der Waals surface area contributed by atoms with Crippen molar-refractivity contribution in [2.75, 3.05) is 0 Å². The van der Waals surface area contributed by atoms with Crippen molar-refractivity contribution in [2.45, 2.75) is 20.0 Å². The van der Waals surface area contributed by atoms with Crippen LogP contribution in [0.5, 0.6) is 5.75 Å². The summed E-state index contributed by atoms with van der Waals surface area (Å²) >= 11 is 3.39. The van der Waals surface area contributed by atoms with Gasteiger partial charge in [-0.1, -0.05) is 40.2 Å². The molecule has 4 heteroatoms. The Balaban J connectivity index is 1.81. The van der Waals surface area contributed by atoms with Crippen LogP contribution in [0.15, 0.2) is 64.7 Å². The average Bonchev–Trinajstić information content (AvgIpc) is 2.90. The molecule has 122 valence electrons. The van der Waals surface area contributed by atoms with Gasteiger partial charge in [-0.05, 0) is 55.8 Å². The molecule has 1 heterocycles. The fourth-order valence-electron chi connectivity index (χ4n) is 2.34. The van der Waals surface area contributed by atoms with Crippen LogP contribution in [0.4, 0.5) is 0 Å². The second-order valence-corrected chi connectivity index (χ2v) is 6.66. The number of halogens is 1. The van der Waals surface area contributed by atoms with Crippen molar-refractivity contribution in [3.05, 3.63) is 75.8 Å². The Hall–Kier alpha value is -2.33. The highest BCUT2D eigenvalue weighted by Crippen LogP contribution is 2.28. The number of ether oxygens (including phenoxy) is 2. The molecule has 0 unspecified atom stereocenters. The van der Waals surface area contributed by atoms with E-state index in [0.29, 0.717) is 11.3 Å². The summed E-state index contributed by atoms with van der Waals surface area (Å²) in [4.78, 5) is 12.1. The van der Waals surface area contributed by atoms with Gasteiger partial charge in [0.15, 0.2) is 0 Å². The van der Waals surface area contributed by atoms with Gasteiger partial charge in [0.1, 0.15) is 11.5 Å². The molecule has 0 N–H and O–H groups in total. The van der Waals surface area contributed by atoms with E-state index in [1.165, 1.54) is 0 Å².